The lowest BCUT2D eigenvalue weighted by Crippen LogP contribution is -2.40. The van der Waals surface area contributed by atoms with Crippen molar-refractivity contribution < 1.29 is 9.53 Å². The Bertz CT molecular complexity index is 853. The van der Waals surface area contributed by atoms with Gasteiger partial charge in [0.15, 0.2) is 0 Å². The number of hydrogen-bond donors (Lipinski definition) is 1. The quantitative estimate of drug-likeness (QED) is 0.788. The summed E-state index contributed by atoms with van der Waals surface area (Å²) in [5, 5.41) is 3.42. The fourth-order valence-corrected chi connectivity index (χ4v) is 4.76. The number of benzene rings is 2. The summed E-state index contributed by atoms with van der Waals surface area (Å²) in [6, 6.07) is 16.8. The molecule has 1 saturated carbocycles. The van der Waals surface area contributed by atoms with Gasteiger partial charge >= 0.3 is 0 Å². The highest BCUT2D eigenvalue weighted by Gasteiger charge is 2.58. The number of nitrogens with one attached hydrogen (secondary N) is 1. The van der Waals surface area contributed by atoms with Crippen LogP contribution in [0.4, 0.5) is 0 Å². The van der Waals surface area contributed by atoms with E-state index in [0.29, 0.717) is 12.5 Å². The second-order valence-corrected chi connectivity index (χ2v) is 8.83. The number of piperidine rings is 1. The van der Waals surface area contributed by atoms with E-state index < -0.39 is 0 Å². The van der Waals surface area contributed by atoms with E-state index in [4.69, 9.17) is 4.74 Å². The first-order valence-electron chi connectivity index (χ1n) is 10.8. The lowest BCUT2D eigenvalue weighted by molar-refractivity contribution is -0.136. The molecule has 1 spiro atoms. The van der Waals surface area contributed by atoms with Crippen molar-refractivity contribution in [3.63, 3.8) is 0 Å². The fraction of sp³-hybridized carbons (Fsp3) is 0.480. The molecule has 1 saturated heterocycles. The summed E-state index contributed by atoms with van der Waals surface area (Å²) in [5.74, 6) is 1.44. The van der Waals surface area contributed by atoms with Crippen molar-refractivity contribution in [2.45, 2.75) is 45.7 Å². The molecule has 2 fully saturated rings. The Balaban J connectivity index is 1.47. The van der Waals surface area contributed by atoms with Crippen molar-refractivity contribution in [2.75, 3.05) is 20.2 Å². The number of para-hydroxylation sites is 1. The zero-order valence-corrected chi connectivity index (χ0v) is 17.8. The van der Waals surface area contributed by atoms with E-state index in [2.05, 4.69) is 54.4 Å². The minimum Gasteiger partial charge on any atom is -0.496 e. The van der Waals surface area contributed by atoms with Crippen LogP contribution in [0.2, 0.25) is 0 Å². The van der Waals surface area contributed by atoms with E-state index in [1.165, 1.54) is 5.56 Å². The highest BCUT2D eigenvalue weighted by Crippen LogP contribution is 2.59. The third-order valence-electron chi connectivity index (χ3n) is 6.72. The molecule has 154 valence electrons. The second-order valence-electron chi connectivity index (χ2n) is 8.83. The molecule has 29 heavy (non-hydrogen) atoms. The van der Waals surface area contributed by atoms with Gasteiger partial charge in [0.1, 0.15) is 5.75 Å². The number of amides is 1. The first kappa shape index (κ1) is 20.0. The molecule has 1 aliphatic heterocycles. The molecule has 2 aromatic rings. The minimum absolute atomic E-state index is 0.204. The van der Waals surface area contributed by atoms with Crippen molar-refractivity contribution in [1.82, 2.24) is 10.2 Å². The molecule has 0 aromatic heterocycles. The predicted octanol–water partition coefficient (Wildman–Crippen LogP) is 4.49. The summed E-state index contributed by atoms with van der Waals surface area (Å²) >= 11 is 0. The number of ether oxygens (including phenoxy) is 1. The molecule has 1 N–H and O–H groups in total. The van der Waals surface area contributed by atoms with Crippen LogP contribution in [0.1, 0.15) is 38.7 Å². The zero-order chi connectivity index (χ0) is 20.4. The molecule has 2 aliphatic rings. The molecule has 2 aromatic carbocycles. The fourth-order valence-electron chi connectivity index (χ4n) is 4.76. The molecule has 4 heteroatoms. The van der Waals surface area contributed by atoms with Crippen molar-refractivity contribution in [1.29, 1.82) is 0 Å². The first-order chi connectivity index (χ1) is 14.0. The summed E-state index contributed by atoms with van der Waals surface area (Å²) in [6.45, 7) is 7.02. The molecular weight excluding hydrogens is 360 g/mol. The van der Waals surface area contributed by atoms with Gasteiger partial charge in [0.25, 0.3) is 0 Å². The van der Waals surface area contributed by atoms with Gasteiger partial charge in [-0.25, -0.2) is 0 Å². The Morgan fingerprint density at radius 1 is 1.14 bits per heavy atom. The van der Waals surface area contributed by atoms with Crippen LogP contribution in [-0.2, 0) is 11.3 Å². The van der Waals surface area contributed by atoms with Gasteiger partial charge in [0.05, 0.1) is 7.11 Å². The molecule has 1 unspecified atom stereocenters. The third-order valence-corrected chi connectivity index (χ3v) is 6.72. The molecular formula is C25H32N2O2. The lowest BCUT2D eigenvalue weighted by atomic mass is 9.91. The summed E-state index contributed by atoms with van der Waals surface area (Å²) < 4.78 is 5.49. The molecule has 1 heterocycles. The van der Waals surface area contributed by atoms with Crippen LogP contribution in [0, 0.1) is 11.3 Å². The normalized spacial score (nSPS) is 19.9. The van der Waals surface area contributed by atoms with E-state index in [1.807, 2.05) is 18.2 Å². The van der Waals surface area contributed by atoms with Crippen LogP contribution in [0.5, 0.6) is 5.75 Å². The Labute approximate surface area is 174 Å². The maximum absolute atomic E-state index is 13.3. The largest absolute Gasteiger partial charge is 0.496 e. The van der Waals surface area contributed by atoms with Crippen LogP contribution in [0.3, 0.4) is 0 Å². The Morgan fingerprint density at radius 2 is 1.83 bits per heavy atom. The highest BCUT2D eigenvalue weighted by atomic mass is 16.5. The van der Waals surface area contributed by atoms with E-state index in [0.717, 1.165) is 49.2 Å². The van der Waals surface area contributed by atoms with Crippen LogP contribution in [-0.4, -0.2) is 37.0 Å². The maximum atomic E-state index is 13.3. The summed E-state index contributed by atoms with van der Waals surface area (Å²) in [7, 11) is 1.70. The number of nitrogens with zero attached hydrogens (tertiary/aromatic N) is 1. The topological polar surface area (TPSA) is 41.6 Å². The standard InChI is InChI=1S/C25H32N2O2/c1-18(2)27(24(28)22-16-25(22)12-14-26-15-13-25)17-19-8-10-20(11-9-19)21-6-4-5-7-23(21)29-3/h4-11,18,22,26H,12-17H2,1-3H3. The monoisotopic (exact) mass is 392 g/mol. The Hall–Kier alpha value is -2.33. The molecule has 4 nitrogen and oxygen atoms in total. The van der Waals surface area contributed by atoms with E-state index in [1.54, 1.807) is 7.11 Å². The Kier molecular flexibility index (Phi) is 5.64. The molecule has 4 rings (SSSR count). The molecule has 0 radical (unpaired) electrons. The molecule has 0 bridgehead atoms. The minimum atomic E-state index is 0.204. The highest BCUT2D eigenvalue weighted by molar-refractivity contribution is 5.83. The molecule has 1 amide bonds. The van der Waals surface area contributed by atoms with Gasteiger partial charge < -0.3 is 15.0 Å². The smallest absolute Gasteiger partial charge is 0.226 e. The lowest BCUT2D eigenvalue weighted by Gasteiger charge is -2.30. The van der Waals surface area contributed by atoms with Gasteiger partial charge in [-0.1, -0.05) is 42.5 Å². The molecule has 1 aliphatic carbocycles. The van der Waals surface area contributed by atoms with Gasteiger partial charge in [-0.15, -0.1) is 0 Å². The van der Waals surface area contributed by atoms with Crippen molar-refractivity contribution in [3.8, 4) is 16.9 Å². The van der Waals surface area contributed by atoms with Crippen molar-refractivity contribution in [2.24, 2.45) is 11.3 Å². The number of methoxy groups -OCH3 is 1. The van der Waals surface area contributed by atoms with Gasteiger partial charge in [-0.3, -0.25) is 4.79 Å². The first-order valence-corrected chi connectivity index (χ1v) is 10.8. The van der Waals surface area contributed by atoms with Crippen LogP contribution in [0.15, 0.2) is 48.5 Å². The van der Waals surface area contributed by atoms with Gasteiger partial charge in [0.2, 0.25) is 5.91 Å². The number of carbonyl (C=O) groups is 1. The predicted molar refractivity (Wildman–Crippen MR) is 117 cm³/mol. The SMILES string of the molecule is COc1ccccc1-c1ccc(CN(C(=O)C2CC23CCNCC3)C(C)C)cc1. The van der Waals surface area contributed by atoms with Crippen molar-refractivity contribution >= 4 is 5.91 Å². The third kappa shape index (κ3) is 4.04. The average molecular weight is 393 g/mol. The number of carbonyl (C=O) groups excluding carboxylic acids is 1. The van der Waals surface area contributed by atoms with Gasteiger partial charge in [-0.05, 0) is 68.8 Å². The van der Waals surface area contributed by atoms with Crippen LogP contribution < -0.4 is 10.1 Å². The summed E-state index contributed by atoms with van der Waals surface area (Å²) in [4.78, 5) is 15.4. The summed E-state index contributed by atoms with van der Waals surface area (Å²) in [6.07, 6.45) is 3.36. The second kappa shape index (κ2) is 8.19. The van der Waals surface area contributed by atoms with E-state index >= 15 is 0 Å². The number of hydrogen-bond acceptors (Lipinski definition) is 3. The molecule has 1 atom stereocenters. The maximum Gasteiger partial charge on any atom is 0.226 e. The van der Waals surface area contributed by atoms with E-state index in [-0.39, 0.29) is 17.4 Å². The van der Waals surface area contributed by atoms with E-state index in [9.17, 15) is 4.79 Å². The van der Waals surface area contributed by atoms with Gasteiger partial charge in [-0.2, -0.15) is 0 Å². The number of rotatable bonds is 6. The van der Waals surface area contributed by atoms with Crippen molar-refractivity contribution in [3.05, 3.63) is 54.1 Å². The Morgan fingerprint density at radius 3 is 2.48 bits per heavy atom. The van der Waals surface area contributed by atoms with Crippen LogP contribution >= 0.6 is 0 Å². The van der Waals surface area contributed by atoms with Crippen LogP contribution in [0.25, 0.3) is 11.1 Å². The average Bonchev–Trinajstić information content (AvgIpc) is 3.44. The van der Waals surface area contributed by atoms with Gasteiger partial charge in [0, 0.05) is 24.1 Å². The summed E-state index contributed by atoms with van der Waals surface area (Å²) in [5.41, 5.74) is 3.67. The zero-order valence-electron chi connectivity index (χ0n) is 17.8.